The summed E-state index contributed by atoms with van der Waals surface area (Å²) in [6, 6.07) is 17.7. The summed E-state index contributed by atoms with van der Waals surface area (Å²) >= 11 is 0. The fourth-order valence-electron chi connectivity index (χ4n) is 3.33. The molecule has 7 nitrogen and oxygen atoms in total. The lowest BCUT2D eigenvalue weighted by Gasteiger charge is -2.25. The molecule has 7 heteroatoms. The van der Waals surface area contributed by atoms with E-state index >= 15 is 0 Å². The van der Waals surface area contributed by atoms with Crippen molar-refractivity contribution in [2.75, 3.05) is 27.7 Å². The number of benzene rings is 2. The van der Waals surface area contributed by atoms with Crippen LogP contribution >= 0.6 is 0 Å². The van der Waals surface area contributed by atoms with Gasteiger partial charge in [-0.05, 0) is 49.0 Å². The van der Waals surface area contributed by atoms with Crippen LogP contribution in [0.1, 0.15) is 22.7 Å². The van der Waals surface area contributed by atoms with Crippen molar-refractivity contribution < 1.29 is 9.53 Å². The van der Waals surface area contributed by atoms with Crippen LogP contribution in [0, 0.1) is 0 Å². The maximum Gasteiger partial charge on any atom is 0.315 e. The van der Waals surface area contributed by atoms with Gasteiger partial charge >= 0.3 is 6.03 Å². The Morgan fingerprint density at radius 2 is 1.90 bits per heavy atom. The molecular formula is C23H29N5O2. The number of nitrogens with one attached hydrogen (secondary N) is 2. The lowest BCUT2D eigenvalue weighted by atomic mass is 10.1. The highest BCUT2D eigenvalue weighted by molar-refractivity contribution is 5.73. The van der Waals surface area contributed by atoms with E-state index in [0.717, 1.165) is 22.4 Å². The van der Waals surface area contributed by atoms with E-state index in [1.807, 2.05) is 73.5 Å². The molecule has 0 aliphatic carbocycles. The lowest BCUT2D eigenvalue weighted by Crippen LogP contribution is -2.40. The zero-order chi connectivity index (χ0) is 21.3. The summed E-state index contributed by atoms with van der Waals surface area (Å²) in [6.45, 7) is 1.61. The van der Waals surface area contributed by atoms with Gasteiger partial charge < -0.3 is 20.3 Å². The molecule has 2 aromatic carbocycles. The molecule has 0 fully saturated rings. The van der Waals surface area contributed by atoms with Gasteiger partial charge in [-0.3, -0.25) is 4.68 Å². The van der Waals surface area contributed by atoms with Crippen LogP contribution in [0.5, 0.6) is 5.75 Å². The van der Waals surface area contributed by atoms with E-state index in [4.69, 9.17) is 4.74 Å². The molecule has 2 N–H and O–H groups in total. The van der Waals surface area contributed by atoms with Gasteiger partial charge in [0.25, 0.3) is 0 Å². The van der Waals surface area contributed by atoms with E-state index in [1.54, 1.807) is 13.3 Å². The minimum atomic E-state index is -0.196. The van der Waals surface area contributed by atoms with Crippen LogP contribution in [-0.2, 0) is 13.1 Å². The standard InChI is InChI=1S/C23H29N5O2/c1-27(2)22(18-10-6-11-21(14-18)30-3)16-25-23(29)24-15-19-8-4-5-9-20(19)17-28-13-7-12-26-28/h4-14,22H,15-17H2,1-3H3,(H2,24,25,29). The van der Waals surface area contributed by atoms with Crippen molar-refractivity contribution in [3.8, 4) is 5.75 Å². The molecule has 1 heterocycles. The Morgan fingerprint density at radius 3 is 2.60 bits per heavy atom. The van der Waals surface area contributed by atoms with Gasteiger partial charge in [-0.2, -0.15) is 5.10 Å². The maximum absolute atomic E-state index is 12.4. The van der Waals surface area contributed by atoms with Gasteiger partial charge in [-0.1, -0.05) is 36.4 Å². The Kier molecular flexibility index (Phi) is 7.45. The topological polar surface area (TPSA) is 71.4 Å². The van der Waals surface area contributed by atoms with Crippen LogP contribution in [0.25, 0.3) is 0 Å². The van der Waals surface area contributed by atoms with Gasteiger partial charge in [0.2, 0.25) is 0 Å². The van der Waals surface area contributed by atoms with Crippen LogP contribution < -0.4 is 15.4 Å². The Balaban J connectivity index is 1.56. The van der Waals surface area contributed by atoms with Crippen molar-refractivity contribution in [3.05, 3.63) is 83.7 Å². The summed E-state index contributed by atoms with van der Waals surface area (Å²) in [5, 5.41) is 10.2. The molecule has 0 saturated carbocycles. The normalized spacial score (nSPS) is 11.9. The van der Waals surface area contributed by atoms with E-state index in [2.05, 4.69) is 26.7 Å². The number of carbonyl (C=O) groups is 1. The number of hydrogen-bond donors (Lipinski definition) is 2. The smallest absolute Gasteiger partial charge is 0.315 e. The fourth-order valence-corrected chi connectivity index (χ4v) is 3.33. The van der Waals surface area contributed by atoms with E-state index < -0.39 is 0 Å². The number of rotatable bonds is 9. The monoisotopic (exact) mass is 407 g/mol. The minimum Gasteiger partial charge on any atom is -0.497 e. The molecule has 3 rings (SSSR count). The first-order valence-corrected chi connectivity index (χ1v) is 9.93. The van der Waals surface area contributed by atoms with Gasteiger partial charge in [0, 0.05) is 25.5 Å². The average molecular weight is 408 g/mol. The molecule has 1 unspecified atom stereocenters. The summed E-state index contributed by atoms with van der Waals surface area (Å²) in [5.41, 5.74) is 3.29. The Bertz CT molecular complexity index is 940. The number of carbonyl (C=O) groups excluding carboxylic acids is 1. The van der Waals surface area contributed by atoms with Gasteiger partial charge in [-0.25, -0.2) is 4.79 Å². The molecule has 2 amide bonds. The molecule has 0 radical (unpaired) electrons. The second-order valence-electron chi connectivity index (χ2n) is 7.29. The van der Waals surface area contributed by atoms with Gasteiger partial charge in [0.15, 0.2) is 0 Å². The number of nitrogens with zero attached hydrogens (tertiary/aromatic N) is 3. The van der Waals surface area contributed by atoms with Gasteiger partial charge in [-0.15, -0.1) is 0 Å². The van der Waals surface area contributed by atoms with Gasteiger partial charge in [0.05, 0.1) is 19.7 Å². The van der Waals surface area contributed by atoms with Crippen molar-refractivity contribution in [2.24, 2.45) is 0 Å². The molecule has 1 aromatic heterocycles. The average Bonchev–Trinajstić information content (AvgIpc) is 3.26. The molecule has 30 heavy (non-hydrogen) atoms. The van der Waals surface area contributed by atoms with Crippen LogP contribution in [0.4, 0.5) is 4.79 Å². The maximum atomic E-state index is 12.4. The Morgan fingerprint density at radius 1 is 1.10 bits per heavy atom. The first-order valence-electron chi connectivity index (χ1n) is 9.93. The van der Waals surface area contributed by atoms with E-state index in [1.165, 1.54) is 0 Å². The Hall–Kier alpha value is -3.32. The second-order valence-corrected chi connectivity index (χ2v) is 7.29. The van der Waals surface area contributed by atoms with Crippen LogP contribution in [-0.4, -0.2) is 48.5 Å². The third kappa shape index (κ3) is 5.84. The van der Waals surface area contributed by atoms with Crippen molar-refractivity contribution >= 4 is 6.03 Å². The molecule has 158 valence electrons. The number of amides is 2. The lowest BCUT2D eigenvalue weighted by molar-refractivity contribution is 0.232. The SMILES string of the molecule is COc1cccc(C(CNC(=O)NCc2ccccc2Cn2cccn2)N(C)C)c1. The first-order chi connectivity index (χ1) is 14.6. The summed E-state index contributed by atoms with van der Waals surface area (Å²) < 4.78 is 7.19. The highest BCUT2D eigenvalue weighted by Crippen LogP contribution is 2.22. The largest absolute Gasteiger partial charge is 0.497 e. The summed E-state index contributed by atoms with van der Waals surface area (Å²) in [7, 11) is 5.64. The number of urea groups is 1. The number of hydrogen-bond acceptors (Lipinski definition) is 4. The molecule has 0 spiro atoms. The molecule has 1 atom stereocenters. The van der Waals surface area contributed by atoms with Gasteiger partial charge in [0.1, 0.15) is 5.75 Å². The van der Waals surface area contributed by atoms with E-state index in [0.29, 0.717) is 19.6 Å². The van der Waals surface area contributed by atoms with Crippen LogP contribution in [0.3, 0.4) is 0 Å². The molecule has 0 aliphatic heterocycles. The number of methoxy groups -OCH3 is 1. The predicted molar refractivity (Wildman–Crippen MR) is 117 cm³/mol. The number of ether oxygens (including phenoxy) is 1. The van der Waals surface area contributed by atoms with Crippen LogP contribution in [0.15, 0.2) is 67.0 Å². The first kappa shape index (κ1) is 21.4. The second kappa shape index (κ2) is 10.5. The quantitative estimate of drug-likeness (QED) is 0.572. The third-order valence-corrected chi connectivity index (χ3v) is 5.01. The van der Waals surface area contributed by atoms with E-state index in [-0.39, 0.29) is 12.1 Å². The Labute approximate surface area is 177 Å². The molecular weight excluding hydrogens is 378 g/mol. The highest BCUT2D eigenvalue weighted by atomic mass is 16.5. The zero-order valence-electron chi connectivity index (χ0n) is 17.7. The van der Waals surface area contributed by atoms with E-state index in [9.17, 15) is 4.79 Å². The third-order valence-electron chi connectivity index (χ3n) is 5.01. The highest BCUT2D eigenvalue weighted by Gasteiger charge is 2.16. The zero-order valence-corrected chi connectivity index (χ0v) is 17.7. The van der Waals surface area contributed by atoms with Crippen molar-refractivity contribution in [3.63, 3.8) is 0 Å². The minimum absolute atomic E-state index is 0.0398. The molecule has 0 aliphatic rings. The predicted octanol–water partition coefficient (Wildman–Crippen LogP) is 3.04. The number of likely N-dealkylation sites (N-methyl/N-ethyl adjacent to an activating group) is 1. The number of aromatic nitrogens is 2. The summed E-state index contributed by atoms with van der Waals surface area (Å²) in [5.74, 6) is 0.803. The molecule has 0 saturated heterocycles. The van der Waals surface area contributed by atoms with Crippen molar-refractivity contribution in [1.29, 1.82) is 0 Å². The fraction of sp³-hybridized carbons (Fsp3) is 0.304. The van der Waals surface area contributed by atoms with Crippen LogP contribution in [0.2, 0.25) is 0 Å². The summed E-state index contributed by atoms with van der Waals surface area (Å²) in [6.07, 6.45) is 3.69. The molecule has 3 aromatic rings. The van der Waals surface area contributed by atoms with Crippen molar-refractivity contribution in [2.45, 2.75) is 19.1 Å². The molecule has 0 bridgehead atoms. The van der Waals surface area contributed by atoms with Crippen molar-refractivity contribution in [1.82, 2.24) is 25.3 Å². The summed E-state index contributed by atoms with van der Waals surface area (Å²) in [4.78, 5) is 14.5.